The highest BCUT2D eigenvalue weighted by molar-refractivity contribution is 7.86. The van der Waals surface area contributed by atoms with Gasteiger partial charge in [-0.05, 0) is 42.7 Å². The lowest BCUT2D eigenvalue weighted by atomic mass is 10.0. The molecule has 0 saturated carbocycles. The molecule has 0 aromatic heterocycles. The van der Waals surface area contributed by atoms with Gasteiger partial charge in [0.05, 0.1) is 23.8 Å². The SMILES string of the molecule is CC=C(NOCCOS(=O)(=O)c1ccc(C)cc1)c1ccc(-c2ccccc2)cc1. The topological polar surface area (TPSA) is 64.6 Å². The van der Waals surface area contributed by atoms with Crippen molar-refractivity contribution in [2.75, 3.05) is 13.2 Å². The van der Waals surface area contributed by atoms with Crippen LogP contribution >= 0.6 is 0 Å². The van der Waals surface area contributed by atoms with Crippen molar-refractivity contribution < 1.29 is 17.4 Å². The summed E-state index contributed by atoms with van der Waals surface area (Å²) in [5.74, 6) is 0. The van der Waals surface area contributed by atoms with Crippen LogP contribution in [-0.2, 0) is 19.1 Å². The fraction of sp³-hybridized carbons (Fsp3) is 0.167. The van der Waals surface area contributed by atoms with E-state index in [1.54, 1.807) is 12.1 Å². The van der Waals surface area contributed by atoms with Crippen LogP contribution in [0.3, 0.4) is 0 Å². The summed E-state index contributed by atoms with van der Waals surface area (Å²) >= 11 is 0. The Bertz CT molecular complexity index is 1070. The predicted molar refractivity (Wildman–Crippen MR) is 119 cm³/mol. The smallest absolute Gasteiger partial charge is 0.274 e. The first-order valence-corrected chi connectivity index (χ1v) is 11.1. The van der Waals surface area contributed by atoms with E-state index >= 15 is 0 Å². The number of rotatable bonds is 9. The molecular weight excluding hydrogens is 398 g/mol. The molecule has 3 rings (SSSR count). The molecule has 0 aliphatic rings. The van der Waals surface area contributed by atoms with Gasteiger partial charge in [0.1, 0.15) is 0 Å². The second-order valence-corrected chi connectivity index (χ2v) is 8.30. The molecule has 0 heterocycles. The van der Waals surface area contributed by atoms with Crippen LogP contribution in [0.2, 0.25) is 0 Å². The summed E-state index contributed by atoms with van der Waals surface area (Å²) in [4.78, 5) is 5.53. The van der Waals surface area contributed by atoms with E-state index in [-0.39, 0.29) is 18.1 Å². The van der Waals surface area contributed by atoms with E-state index in [1.165, 1.54) is 12.1 Å². The van der Waals surface area contributed by atoms with Gasteiger partial charge in [0, 0.05) is 0 Å². The number of hydrogen-bond acceptors (Lipinski definition) is 5. The standard InChI is InChI=1S/C24H25NO4S/c1-3-24(22-13-11-21(12-14-22)20-7-5-4-6-8-20)25-28-17-18-29-30(26,27)23-15-9-19(2)10-16-23/h3-16,25H,17-18H2,1-2H3. The highest BCUT2D eigenvalue weighted by Gasteiger charge is 2.14. The van der Waals surface area contributed by atoms with Gasteiger partial charge in [-0.1, -0.05) is 78.4 Å². The minimum atomic E-state index is -3.79. The van der Waals surface area contributed by atoms with E-state index in [4.69, 9.17) is 9.02 Å². The minimum absolute atomic E-state index is 0.0739. The minimum Gasteiger partial charge on any atom is -0.274 e. The molecule has 6 heteroatoms. The van der Waals surface area contributed by atoms with Crippen molar-refractivity contribution in [3.05, 3.63) is 96.1 Å². The first-order valence-electron chi connectivity index (χ1n) is 9.66. The Morgan fingerprint density at radius 1 is 0.867 bits per heavy atom. The monoisotopic (exact) mass is 423 g/mol. The maximum absolute atomic E-state index is 12.2. The Balaban J connectivity index is 1.49. The molecular formula is C24H25NO4S. The van der Waals surface area contributed by atoms with Crippen LogP contribution in [0.25, 0.3) is 16.8 Å². The zero-order valence-corrected chi connectivity index (χ0v) is 17.9. The molecule has 3 aromatic rings. The Morgan fingerprint density at radius 2 is 1.50 bits per heavy atom. The van der Waals surface area contributed by atoms with Crippen molar-refractivity contribution >= 4 is 15.8 Å². The number of aryl methyl sites for hydroxylation is 1. The molecule has 0 radical (unpaired) electrons. The number of hydrogen-bond donors (Lipinski definition) is 1. The van der Waals surface area contributed by atoms with Crippen LogP contribution in [0.15, 0.2) is 89.8 Å². The molecule has 0 amide bonds. The van der Waals surface area contributed by atoms with Crippen molar-refractivity contribution in [2.45, 2.75) is 18.7 Å². The molecule has 156 valence electrons. The van der Waals surface area contributed by atoms with Crippen molar-refractivity contribution in [3.63, 3.8) is 0 Å². The number of benzene rings is 3. The number of nitrogens with one attached hydrogen (secondary N) is 1. The van der Waals surface area contributed by atoms with E-state index in [0.29, 0.717) is 0 Å². The zero-order valence-electron chi connectivity index (χ0n) is 17.0. The summed E-state index contributed by atoms with van der Waals surface area (Å²) in [7, 11) is -3.79. The lowest BCUT2D eigenvalue weighted by Gasteiger charge is -2.12. The molecule has 5 nitrogen and oxygen atoms in total. The Morgan fingerprint density at radius 3 is 2.13 bits per heavy atom. The van der Waals surface area contributed by atoms with Gasteiger partial charge in [0.25, 0.3) is 10.1 Å². The van der Waals surface area contributed by atoms with Gasteiger partial charge in [0.2, 0.25) is 0 Å². The second kappa shape index (κ2) is 10.2. The highest BCUT2D eigenvalue weighted by Crippen LogP contribution is 2.21. The van der Waals surface area contributed by atoms with Crippen LogP contribution in [0.4, 0.5) is 0 Å². The summed E-state index contributed by atoms with van der Waals surface area (Å²) in [6.45, 7) is 3.78. The van der Waals surface area contributed by atoms with Gasteiger partial charge in [-0.15, -0.1) is 0 Å². The summed E-state index contributed by atoms with van der Waals surface area (Å²) < 4.78 is 29.3. The van der Waals surface area contributed by atoms with Crippen LogP contribution < -0.4 is 5.48 Å². The van der Waals surface area contributed by atoms with Gasteiger partial charge < -0.3 is 0 Å². The van der Waals surface area contributed by atoms with Crippen molar-refractivity contribution in [1.29, 1.82) is 0 Å². The average Bonchev–Trinajstić information content (AvgIpc) is 2.77. The second-order valence-electron chi connectivity index (χ2n) is 6.69. The Hall–Kier alpha value is -2.93. The van der Waals surface area contributed by atoms with E-state index in [9.17, 15) is 8.42 Å². The molecule has 0 spiro atoms. The molecule has 0 aliphatic carbocycles. The van der Waals surface area contributed by atoms with E-state index < -0.39 is 10.1 Å². The third-order valence-corrected chi connectivity index (χ3v) is 5.83. The van der Waals surface area contributed by atoms with Gasteiger partial charge in [-0.3, -0.25) is 14.5 Å². The van der Waals surface area contributed by atoms with Gasteiger partial charge in [-0.2, -0.15) is 8.42 Å². The number of allylic oxidation sites excluding steroid dienone is 1. The molecule has 0 aliphatic heterocycles. The first-order chi connectivity index (χ1) is 14.5. The molecule has 0 bridgehead atoms. The molecule has 30 heavy (non-hydrogen) atoms. The van der Waals surface area contributed by atoms with Crippen molar-refractivity contribution in [3.8, 4) is 11.1 Å². The maximum Gasteiger partial charge on any atom is 0.297 e. The quantitative estimate of drug-likeness (QED) is 0.300. The van der Waals surface area contributed by atoms with Crippen LogP contribution in [-0.4, -0.2) is 21.6 Å². The predicted octanol–water partition coefficient (Wildman–Crippen LogP) is 4.95. The molecule has 0 unspecified atom stereocenters. The third kappa shape index (κ3) is 5.79. The molecule has 0 atom stereocenters. The normalized spacial score (nSPS) is 12.0. The fourth-order valence-electron chi connectivity index (χ4n) is 2.84. The summed E-state index contributed by atoms with van der Waals surface area (Å²) in [5, 5.41) is 0. The zero-order chi connectivity index (χ0) is 21.4. The molecule has 0 saturated heterocycles. The van der Waals surface area contributed by atoms with Gasteiger partial charge in [-0.25, -0.2) is 0 Å². The lowest BCUT2D eigenvalue weighted by Crippen LogP contribution is -2.18. The maximum atomic E-state index is 12.2. The largest absolute Gasteiger partial charge is 0.297 e. The summed E-state index contributed by atoms with van der Waals surface area (Å²) in [6, 6.07) is 24.8. The van der Waals surface area contributed by atoms with Crippen LogP contribution in [0, 0.1) is 6.92 Å². The van der Waals surface area contributed by atoms with E-state index in [0.717, 1.165) is 28.0 Å². The van der Waals surface area contributed by atoms with Gasteiger partial charge >= 0.3 is 0 Å². The van der Waals surface area contributed by atoms with E-state index in [2.05, 4.69) is 17.6 Å². The highest BCUT2D eigenvalue weighted by atomic mass is 32.2. The molecule has 0 fully saturated rings. The van der Waals surface area contributed by atoms with Gasteiger partial charge in [0.15, 0.2) is 0 Å². The van der Waals surface area contributed by atoms with Crippen molar-refractivity contribution in [2.24, 2.45) is 0 Å². The number of hydroxylamine groups is 1. The Kier molecular flexibility index (Phi) is 7.41. The van der Waals surface area contributed by atoms with Crippen LogP contribution in [0.1, 0.15) is 18.1 Å². The third-order valence-electron chi connectivity index (χ3n) is 4.51. The average molecular weight is 424 g/mol. The first kappa shape index (κ1) is 21.8. The lowest BCUT2D eigenvalue weighted by molar-refractivity contribution is 0.0553. The fourth-order valence-corrected chi connectivity index (χ4v) is 3.74. The van der Waals surface area contributed by atoms with E-state index in [1.807, 2.05) is 62.4 Å². The summed E-state index contributed by atoms with van der Waals surface area (Å²) in [6.07, 6.45) is 1.89. The summed E-state index contributed by atoms with van der Waals surface area (Å²) in [5.41, 5.74) is 7.88. The Labute approximate surface area is 178 Å². The van der Waals surface area contributed by atoms with Crippen molar-refractivity contribution in [1.82, 2.24) is 5.48 Å². The molecule has 3 aromatic carbocycles. The molecule has 1 N–H and O–H groups in total. The van der Waals surface area contributed by atoms with Crippen LogP contribution in [0.5, 0.6) is 0 Å².